The van der Waals surface area contributed by atoms with Crippen molar-refractivity contribution in [3.05, 3.63) is 125 Å². The zero-order valence-corrected chi connectivity index (χ0v) is 37.5. The number of fused-ring (bicyclic) bond motifs is 1. The lowest BCUT2D eigenvalue weighted by Gasteiger charge is -2.31. The first-order chi connectivity index (χ1) is 30.8. The number of piperidine rings is 2. The maximum Gasteiger partial charge on any atom is 0.251 e. The number of furan rings is 1. The Bertz CT molecular complexity index is 2280. The molecule has 0 bridgehead atoms. The first-order valence-corrected chi connectivity index (χ1v) is 23.8. The van der Waals surface area contributed by atoms with Gasteiger partial charge in [-0.05, 0) is 160 Å². The van der Waals surface area contributed by atoms with E-state index in [1.165, 1.54) is 36.1 Å². The predicted octanol–water partition coefficient (Wildman–Crippen LogP) is 9.87. The van der Waals surface area contributed by atoms with Crippen LogP contribution in [0.5, 0.6) is 5.75 Å². The van der Waals surface area contributed by atoms with Gasteiger partial charge in [-0.1, -0.05) is 48.7 Å². The Labute approximate surface area is 380 Å². The second-order valence-electron chi connectivity index (χ2n) is 17.2. The number of hydrogen-bond donors (Lipinski definition) is 4. The highest BCUT2D eigenvalue weighted by molar-refractivity contribution is 7.97. The number of carbonyl (C=O) groups excluding carboxylic acids is 3. The van der Waals surface area contributed by atoms with Gasteiger partial charge in [0.15, 0.2) is 0 Å². The van der Waals surface area contributed by atoms with Crippen molar-refractivity contribution in [3.63, 3.8) is 0 Å². The molecule has 63 heavy (non-hydrogen) atoms. The van der Waals surface area contributed by atoms with Gasteiger partial charge in [0.05, 0.1) is 18.8 Å². The number of ether oxygens (including phenoxy) is 1. The summed E-state index contributed by atoms with van der Waals surface area (Å²) in [6.07, 6.45) is 12.3. The molecule has 332 valence electrons. The molecule has 3 heterocycles. The van der Waals surface area contributed by atoms with Crippen LogP contribution in [0.25, 0.3) is 11.0 Å². The Morgan fingerprint density at radius 2 is 1.59 bits per heavy atom. The van der Waals surface area contributed by atoms with Crippen molar-refractivity contribution in [3.8, 4) is 5.75 Å². The minimum atomic E-state index is -0.417. The van der Waals surface area contributed by atoms with Gasteiger partial charge in [-0.25, -0.2) is 9.31 Å². The van der Waals surface area contributed by atoms with Crippen molar-refractivity contribution in [1.29, 1.82) is 0 Å². The third-order valence-electron chi connectivity index (χ3n) is 12.4. The van der Waals surface area contributed by atoms with Crippen LogP contribution in [-0.4, -0.2) is 65.9 Å². The SMILES string of the molecule is O=C1CCC(c2coc3ccc(OCCCCCNC(=O)c4ccc(CN(CC5CCNCC5)Nc5ccc(SN(Cc6ccc(Cl)cc6)C6CCCC6)cc5)cc4)cc23)C(=O)N1. The topological polar surface area (TPSA) is 128 Å². The largest absolute Gasteiger partial charge is 0.494 e. The van der Waals surface area contributed by atoms with Crippen LogP contribution < -0.4 is 26.1 Å². The van der Waals surface area contributed by atoms with Gasteiger partial charge in [0.25, 0.3) is 5.91 Å². The summed E-state index contributed by atoms with van der Waals surface area (Å²) < 4.78 is 14.3. The Morgan fingerprint density at radius 3 is 2.35 bits per heavy atom. The summed E-state index contributed by atoms with van der Waals surface area (Å²) in [4.78, 5) is 38.4. The molecule has 1 unspecified atom stereocenters. The highest BCUT2D eigenvalue weighted by Crippen LogP contribution is 2.36. The average molecular weight is 892 g/mol. The number of rotatable bonds is 20. The van der Waals surface area contributed by atoms with Gasteiger partial charge in [-0.2, -0.15) is 0 Å². The fourth-order valence-electron chi connectivity index (χ4n) is 8.89. The van der Waals surface area contributed by atoms with Crippen LogP contribution in [0.4, 0.5) is 5.69 Å². The summed E-state index contributed by atoms with van der Waals surface area (Å²) in [5.41, 5.74) is 9.34. The molecule has 2 aliphatic heterocycles. The molecule has 3 amide bonds. The van der Waals surface area contributed by atoms with Gasteiger partial charge < -0.3 is 25.2 Å². The number of anilines is 1. The van der Waals surface area contributed by atoms with Crippen LogP contribution >= 0.6 is 23.5 Å². The van der Waals surface area contributed by atoms with E-state index >= 15 is 0 Å². The second kappa shape index (κ2) is 22.2. The van der Waals surface area contributed by atoms with Gasteiger partial charge in [-0.15, -0.1) is 0 Å². The second-order valence-corrected chi connectivity index (χ2v) is 18.7. The lowest BCUT2D eigenvalue weighted by Crippen LogP contribution is -2.39. The van der Waals surface area contributed by atoms with Crippen LogP contribution in [0.1, 0.15) is 104 Å². The Kier molecular flexibility index (Phi) is 15.7. The maximum atomic E-state index is 13.1. The molecular weight excluding hydrogens is 832 g/mol. The maximum absolute atomic E-state index is 13.1. The van der Waals surface area contributed by atoms with Gasteiger partial charge >= 0.3 is 0 Å². The number of benzene rings is 4. The van der Waals surface area contributed by atoms with Crippen molar-refractivity contribution >= 4 is 57.9 Å². The number of carbonyl (C=O) groups is 3. The number of nitrogens with one attached hydrogen (secondary N) is 4. The molecule has 13 heteroatoms. The molecule has 1 atom stereocenters. The molecule has 8 rings (SSSR count). The first kappa shape index (κ1) is 44.7. The van der Waals surface area contributed by atoms with Crippen LogP contribution in [-0.2, 0) is 22.7 Å². The number of unbranched alkanes of at least 4 members (excludes halogenated alkanes) is 2. The molecule has 0 radical (unpaired) electrons. The standard InChI is InChI=1S/C50H59ClN6O5S/c51-39-14-10-36(11-15-39)33-57(41-6-2-3-7-41)63-43-19-16-40(17-20-43)55-56(32-37-24-27-52-28-25-37)31-35-8-12-38(13-9-35)49(59)53-26-4-1-5-29-61-42-18-22-47-45(30-42)46(34-62-47)44-21-23-48(58)54-50(44)60/h8-20,22,30,34,37,41,44,52,55H,1-7,21,23-29,31-33H2,(H,53,59)(H,54,58,60). The van der Waals surface area contributed by atoms with Gasteiger partial charge in [0.1, 0.15) is 11.3 Å². The van der Waals surface area contributed by atoms with Crippen LogP contribution in [0, 0.1) is 5.92 Å². The third-order valence-corrected chi connectivity index (χ3v) is 13.8. The first-order valence-electron chi connectivity index (χ1n) is 22.7. The number of hydrazine groups is 1. The van der Waals surface area contributed by atoms with Gasteiger partial charge in [0, 0.05) is 70.8 Å². The van der Waals surface area contributed by atoms with Crippen molar-refractivity contribution < 1.29 is 23.5 Å². The van der Waals surface area contributed by atoms with E-state index in [2.05, 4.69) is 79.2 Å². The van der Waals surface area contributed by atoms with E-state index in [4.69, 9.17) is 20.8 Å². The van der Waals surface area contributed by atoms with E-state index in [-0.39, 0.29) is 17.7 Å². The van der Waals surface area contributed by atoms with Gasteiger partial charge in [-0.3, -0.25) is 19.7 Å². The smallest absolute Gasteiger partial charge is 0.251 e. The molecule has 4 N–H and O–H groups in total. The molecule has 5 aromatic rings. The monoisotopic (exact) mass is 890 g/mol. The minimum absolute atomic E-state index is 0.0691. The molecule has 0 spiro atoms. The molecule has 11 nitrogen and oxygen atoms in total. The number of nitrogens with zero attached hydrogens (tertiary/aromatic N) is 2. The molecule has 1 aliphatic carbocycles. The number of amides is 3. The number of hydrogen-bond acceptors (Lipinski definition) is 10. The molecule has 4 aromatic carbocycles. The van der Waals surface area contributed by atoms with Gasteiger partial charge in [0.2, 0.25) is 11.8 Å². The number of halogens is 1. The van der Waals surface area contributed by atoms with Crippen molar-refractivity contribution in [1.82, 2.24) is 25.3 Å². The zero-order valence-electron chi connectivity index (χ0n) is 35.9. The lowest BCUT2D eigenvalue weighted by atomic mass is 9.90. The van der Waals surface area contributed by atoms with E-state index in [1.807, 2.05) is 54.4 Å². The molecule has 3 fully saturated rings. The molecular formula is C50H59ClN6O5S. The summed E-state index contributed by atoms with van der Waals surface area (Å²) in [6, 6.07) is 31.2. The Hall–Kier alpha value is -4.85. The lowest BCUT2D eigenvalue weighted by molar-refractivity contribution is -0.134. The summed E-state index contributed by atoms with van der Waals surface area (Å²) in [7, 11) is 0. The fraction of sp³-hybridized carbons (Fsp3) is 0.420. The summed E-state index contributed by atoms with van der Waals surface area (Å²) in [6.45, 7) is 5.77. The summed E-state index contributed by atoms with van der Waals surface area (Å²) in [5.74, 6) is 0.293. The summed E-state index contributed by atoms with van der Waals surface area (Å²) >= 11 is 8.04. The Morgan fingerprint density at radius 1 is 0.841 bits per heavy atom. The van der Waals surface area contributed by atoms with Crippen molar-refractivity contribution in [2.75, 3.05) is 38.2 Å². The fourth-order valence-corrected chi connectivity index (χ4v) is 10.1. The molecule has 1 aromatic heterocycles. The molecule has 2 saturated heterocycles. The highest BCUT2D eigenvalue weighted by Gasteiger charge is 2.31. The van der Waals surface area contributed by atoms with Crippen LogP contribution in [0.3, 0.4) is 0 Å². The van der Waals surface area contributed by atoms with Crippen molar-refractivity contribution in [2.45, 2.75) is 101 Å². The highest BCUT2D eigenvalue weighted by atomic mass is 35.5. The normalized spacial score (nSPS) is 17.4. The van der Waals surface area contributed by atoms with E-state index in [1.54, 1.807) is 6.26 Å². The summed E-state index contributed by atoms with van der Waals surface area (Å²) in [5, 5.41) is 12.9. The number of imide groups is 1. The third kappa shape index (κ3) is 12.7. The van der Waals surface area contributed by atoms with E-state index < -0.39 is 5.92 Å². The van der Waals surface area contributed by atoms with E-state index in [0.717, 1.165) is 92.1 Å². The van der Waals surface area contributed by atoms with E-state index in [9.17, 15) is 14.4 Å². The van der Waals surface area contributed by atoms with Crippen LogP contribution in [0.2, 0.25) is 5.02 Å². The zero-order chi connectivity index (χ0) is 43.4. The minimum Gasteiger partial charge on any atom is -0.494 e. The van der Waals surface area contributed by atoms with E-state index in [0.29, 0.717) is 54.8 Å². The van der Waals surface area contributed by atoms with Crippen molar-refractivity contribution in [2.24, 2.45) is 5.92 Å². The quantitative estimate of drug-likeness (QED) is 0.0260. The molecule has 1 saturated carbocycles. The van der Waals surface area contributed by atoms with Crippen LogP contribution in [0.15, 0.2) is 107 Å². The average Bonchev–Trinajstić information content (AvgIpc) is 3.99. The predicted molar refractivity (Wildman–Crippen MR) is 251 cm³/mol. The molecule has 3 aliphatic rings. The Balaban J connectivity index is 0.788.